The zero-order valence-electron chi connectivity index (χ0n) is 13.6. The highest BCUT2D eigenvalue weighted by Crippen LogP contribution is 2.15. The summed E-state index contributed by atoms with van der Waals surface area (Å²) in [5, 5.41) is 13.3. The summed E-state index contributed by atoms with van der Waals surface area (Å²) in [4.78, 5) is 24.9. The average molecular weight is 327 g/mol. The van der Waals surface area contributed by atoms with Crippen LogP contribution in [0, 0.1) is 0 Å². The van der Waals surface area contributed by atoms with Gasteiger partial charge < -0.3 is 20.2 Å². The Hall–Kier alpha value is -2.67. The van der Waals surface area contributed by atoms with E-state index >= 15 is 0 Å². The van der Waals surface area contributed by atoms with Crippen LogP contribution >= 0.6 is 0 Å². The summed E-state index contributed by atoms with van der Waals surface area (Å²) in [6, 6.07) is 10.9. The van der Waals surface area contributed by atoms with Crippen molar-refractivity contribution in [1.29, 1.82) is 0 Å². The third-order valence-electron chi connectivity index (χ3n) is 3.99. The number of nitrogens with one attached hydrogen (secondary N) is 1. The first kappa shape index (κ1) is 16.2. The molecule has 7 nitrogen and oxygen atoms in total. The van der Waals surface area contributed by atoms with Crippen LogP contribution in [0.2, 0.25) is 0 Å². The molecule has 2 N–H and O–H groups in total. The van der Waals surface area contributed by atoms with Gasteiger partial charge >= 0.3 is 0 Å². The van der Waals surface area contributed by atoms with Crippen LogP contribution in [-0.4, -0.2) is 65.2 Å². The number of aliphatic hydroxyl groups is 1. The molecule has 1 aliphatic rings. The molecule has 1 amide bonds. The topological polar surface area (TPSA) is 81.6 Å². The Kier molecular flexibility index (Phi) is 4.90. The van der Waals surface area contributed by atoms with Crippen LogP contribution < -0.4 is 10.2 Å². The summed E-state index contributed by atoms with van der Waals surface area (Å²) < 4.78 is 0. The Labute approximate surface area is 141 Å². The van der Waals surface area contributed by atoms with Crippen LogP contribution in [0.25, 0.3) is 0 Å². The fraction of sp³-hybridized carbons (Fsp3) is 0.353. The molecule has 126 valence electrons. The minimum atomic E-state index is -0.651. The first-order valence-electron chi connectivity index (χ1n) is 7.95. The second-order valence-electron chi connectivity index (χ2n) is 5.71. The molecule has 7 heteroatoms. The van der Waals surface area contributed by atoms with E-state index in [4.69, 9.17) is 0 Å². The lowest BCUT2D eigenvalue weighted by Gasteiger charge is -2.22. The SMILES string of the molecule is CNc1ccnc(N2CCN(C(=O)c3ccccc3)C[C@@H](O)C2)n1. The van der Waals surface area contributed by atoms with Crippen LogP contribution in [0.4, 0.5) is 11.8 Å². The quantitative estimate of drug-likeness (QED) is 0.869. The number of aliphatic hydroxyl groups excluding tert-OH is 1. The summed E-state index contributed by atoms with van der Waals surface area (Å²) in [5.41, 5.74) is 0.631. The maximum absolute atomic E-state index is 12.6. The lowest BCUT2D eigenvalue weighted by molar-refractivity contribution is 0.0674. The number of hydrogen-bond acceptors (Lipinski definition) is 6. The minimum Gasteiger partial charge on any atom is -0.389 e. The molecule has 2 aromatic rings. The third kappa shape index (κ3) is 3.62. The normalized spacial score (nSPS) is 18.2. The van der Waals surface area contributed by atoms with Gasteiger partial charge in [-0.25, -0.2) is 4.98 Å². The molecule has 3 rings (SSSR count). The van der Waals surface area contributed by atoms with E-state index in [2.05, 4.69) is 15.3 Å². The summed E-state index contributed by atoms with van der Waals surface area (Å²) in [6.45, 7) is 1.78. The largest absolute Gasteiger partial charge is 0.389 e. The van der Waals surface area contributed by atoms with Crippen molar-refractivity contribution in [2.24, 2.45) is 0 Å². The van der Waals surface area contributed by atoms with Gasteiger partial charge in [-0.05, 0) is 18.2 Å². The molecule has 0 aliphatic carbocycles. The monoisotopic (exact) mass is 327 g/mol. The van der Waals surface area contributed by atoms with Crippen molar-refractivity contribution in [3.05, 3.63) is 48.2 Å². The van der Waals surface area contributed by atoms with E-state index in [1.54, 1.807) is 36.3 Å². The fourth-order valence-electron chi connectivity index (χ4n) is 2.76. The summed E-state index contributed by atoms with van der Waals surface area (Å²) in [6.07, 6.45) is 1.03. The van der Waals surface area contributed by atoms with Gasteiger partial charge in [0.25, 0.3) is 5.91 Å². The van der Waals surface area contributed by atoms with Gasteiger partial charge in [-0.15, -0.1) is 0 Å². The molecule has 1 aromatic heterocycles. The molecular weight excluding hydrogens is 306 g/mol. The van der Waals surface area contributed by atoms with Gasteiger partial charge in [0, 0.05) is 45.0 Å². The second-order valence-corrected chi connectivity index (χ2v) is 5.71. The molecule has 0 spiro atoms. The van der Waals surface area contributed by atoms with Crippen LogP contribution in [0.1, 0.15) is 10.4 Å². The van der Waals surface area contributed by atoms with Crippen molar-refractivity contribution >= 4 is 17.7 Å². The van der Waals surface area contributed by atoms with Gasteiger partial charge in [-0.2, -0.15) is 4.98 Å². The number of amides is 1. The van der Waals surface area contributed by atoms with E-state index in [1.165, 1.54) is 0 Å². The molecule has 0 bridgehead atoms. The standard InChI is InChI=1S/C17H21N5O2/c1-18-15-7-8-19-17(20-15)22-10-9-21(11-14(23)12-22)16(24)13-5-3-2-4-6-13/h2-8,14,23H,9-12H2,1H3,(H,18,19,20)/t14-/m1/s1. The van der Waals surface area contributed by atoms with Crippen molar-refractivity contribution < 1.29 is 9.90 Å². The molecule has 1 atom stereocenters. The average Bonchev–Trinajstić information content (AvgIpc) is 2.83. The van der Waals surface area contributed by atoms with Crippen molar-refractivity contribution in [3.63, 3.8) is 0 Å². The summed E-state index contributed by atoms with van der Waals surface area (Å²) in [5.74, 6) is 1.20. The Morgan fingerprint density at radius 1 is 1.21 bits per heavy atom. The Morgan fingerprint density at radius 3 is 2.75 bits per heavy atom. The van der Waals surface area contributed by atoms with Crippen molar-refractivity contribution in [1.82, 2.24) is 14.9 Å². The Morgan fingerprint density at radius 2 is 2.00 bits per heavy atom. The maximum Gasteiger partial charge on any atom is 0.254 e. The molecular formula is C17H21N5O2. The van der Waals surface area contributed by atoms with Crippen LogP contribution in [0.3, 0.4) is 0 Å². The van der Waals surface area contributed by atoms with Gasteiger partial charge in [-0.3, -0.25) is 4.79 Å². The lowest BCUT2D eigenvalue weighted by atomic mass is 10.2. The highest BCUT2D eigenvalue weighted by atomic mass is 16.3. The number of anilines is 2. The fourth-order valence-corrected chi connectivity index (χ4v) is 2.76. The minimum absolute atomic E-state index is 0.0682. The smallest absolute Gasteiger partial charge is 0.254 e. The van der Waals surface area contributed by atoms with Crippen molar-refractivity contribution in [3.8, 4) is 0 Å². The van der Waals surface area contributed by atoms with Gasteiger partial charge in [0.2, 0.25) is 5.95 Å². The molecule has 0 unspecified atom stereocenters. The predicted molar refractivity (Wildman–Crippen MR) is 92.1 cm³/mol. The van der Waals surface area contributed by atoms with E-state index in [-0.39, 0.29) is 5.91 Å². The first-order chi connectivity index (χ1) is 11.7. The van der Waals surface area contributed by atoms with E-state index < -0.39 is 6.10 Å². The highest BCUT2D eigenvalue weighted by molar-refractivity contribution is 5.94. The molecule has 24 heavy (non-hydrogen) atoms. The number of β-amino-alcohol motifs (C(OH)–C–C–N with tert-alkyl or cyclic N) is 1. The van der Waals surface area contributed by atoms with Crippen LogP contribution in [-0.2, 0) is 0 Å². The van der Waals surface area contributed by atoms with E-state index in [1.807, 2.05) is 23.1 Å². The molecule has 1 aliphatic heterocycles. The number of rotatable bonds is 3. The maximum atomic E-state index is 12.6. The third-order valence-corrected chi connectivity index (χ3v) is 3.99. The first-order valence-corrected chi connectivity index (χ1v) is 7.95. The van der Waals surface area contributed by atoms with Gasteiger partial charge in [0.1, 0.15) is 5.82 Å². The number of hydrogen-bond donors (Lipinski definition) is 2. The lowest BCUT2D eigenvalue weighted by Crippen LogP contribution is -2.37. The molecule has 0 radical (unpaired) electrons. The van der Waals surface area contributed by atoms with E-state index in [0.29, 0.717) is 37.7 Å². The van der Waals surface area contributed by atoms with Gasteiger partial charge in [-0.1, -0.05) is 18.2 Å². The van der Waals surface area contributed by atoms with Crippen LogP contribution in [0.5, 0.6) is 0 Å². The Balaban J connectivity index is 1.74. The zero-order chi connectivity index (χ0) is 16.9. The number of nitrogens with zero attached hydrogens (tertiary/aromatic N) is 4. The molecule has 1 saturated heterocycles. The number of aromatic nitrogens is 2. The van der Waals surface area contributed by atoms with Gasteiger partial charge in [0.15, 0.2) is 0 Å². The predicted octanol–water partition coefficient (Wildman–Crippen LogP) is 0.842. The van der Waals surface area contributed by atoms with E-state index in [0.717, 1.165) is 5.82 Å². The van der Waals surface area contributed by atoms with Crippen molar-refractivity contribution in [2.45, 2.75) is 6.10 Å². The molecule has 1 aromatic carbocycles. The molecule has 0 saturated carbocycles. The van der Waals surface area contributed by atoms with Crippen molar-refractivity contribution in [2.75, 3.05) is 43.4 Å². The summed E-state index contributed by atoms with van der Waals surface area (Å²) in [7, 11) is 1.80. The zero-order valence-corrected chi connectivity index (χ0v) is 13.6. The molecule has 1 fully saturated rings. The number of benzene rings is 1. The number of carbonyl (C=O) groups excluding carboxylic acids is 1. The van der Waals surface area contributed by atoms with Crippen LogP contribution in [0.15, 0.2) is 42.6 Å². The summed E-state index contributed by atoms with van der Waals surface area (Å²) >= 11 is 0. The number of carbonyl (C=O) groups is 1. The second kappa shape index (κ2) is 7.27. The van der Waals surface area contributed by atoms with E-state index in [9.17, 15) is 9.90 Å². The highest BCUT2D eigenvalue weighted by Gasteiger charge is 2.26. The Bertz CT molecular complexity index is 694. The molecule has 2 heterocycles. The van der Waals surface area contributed by atoms with Gasteiger partial charge in [0.05, 0.1) is 6.10 Å².